The zero-order chi connectivity index (χ0) is 22.2. The Kier molecular flexibility index (Phi) is 5.90. The molecule has 1 atom stereocenters. The van der Waals surface area contributed by atoms with Crippen LogP contribution in [0.5, 0.6) is 5.75 Å². The van der Waals surface area contributed by atoms with Crippen LogP contribution in [-0.4, -0.2) is 60.3 Å². The first-order valence-corrected chi connectivity index (χ1v) is 11.5. The summed E-state index contributed by atoms with van der Waals surface area (Å²) in [6.07, 6.45) is 5.69. The number of nitrogens with zero attached hydrogens (tertiary/aromatic N) is 2. The van der Waals surface area contributed by atoms with E-state index in [2.05, 4.69) is 15.1 Å². The minimum Gasteiger partial charge on any atom is -0.410 e. The fourth-order valence-corrected chi connectivity index (χ4v) is 5.65. The normalized spacial score (nSPS) is 31.2. The van der Waals surface area contributed by atoms with Gasteiger partial charge in [-0.15, -0.1) is 0 Å². The minimum atomic E-state index is -0.580. The van der Waals surface area contributed by atoms with Gasteiger partial charge in [-0.3, -0.25) is 4.79 Å². The van der Waals surface area contributed by atoms with Gasteiger partial charge in [-0.25, -0.2) is 4.79 Å². The van der Waals surface area contributed by atoms with E-state index in [0.717, 1.165) is 75.8 Å². The fourth-order valence-electron chi connectivity index (χ4n) is 5.65. The van der Waals surface area contributed by atoms with E-state index < -0.39 is 11.7 Å². The third kappa shape index (κ3) is 4.38. The molecule has 1 aromatic rings. The van der Waals surface area contributed by atoms with Crippen molar-refractivity contribution in [2.24, 2.45) is 5.41 Å². The highest BCUT2D eigenvalue weighted by Gasteiger charge is 2.51. The smallest absolute Gasteiger partial charge is 0.410 e. The van der Waals surface area contributed by atoms with Crippen molar-refractivity contribution < 1.29 is 19.4 Å². The molecule has 7 heteroatoms. The largest absolute Gasteiger partial charge is 0.412 e. The van der Waals surface area contributed by atoms with Gasteiger partial charge in [0, 0.05) is 38.4 Å². The Balaban J connectivity index is 1.46. The summed E-state index contributed by atoms with van der Waals surface area (Å²) in [7, 11) is 1.54. The van der Waals surface area contributed by atoms with Gasteiger partial charge in [-0.2, -0.15) is 0 Å². The van der Waals surface area contributed by atoms with Crippen molar-refractivity contribution in [2.45, 2.75) is 70.4 Å². The topological polar surface area (TPSA) is 82.1 Å². The molecular formula is C24H35N3O4. The molecule has 7 nitrogen and oxygen atoms in total. The quantitative estimate of drug-likeness (QED) is 0.771. The Labute approximate surface area is 184 Å². The number of ether oxygens (including phenoxy) is 1. The van der Waals surface area contributed by atoms with Crippen LogP contribution in [0.25, 0.3) is 0 Å². The molecule has 3 aliphatic rings. The molecule has 2 heterocycles. The first-order valence-electron chi connectivity index (χ1n) is 11.5. The number of carbonyl (C=O) groups is 2. The van der Waals surface area contributed by atoms with Crippen molar-refractivity contribution in [2.75, 3.05) is 31.6 Å². The summed E-state index contributed by atoms with van der Waals surface area (Å²) in [5, 5.41) is 12.7. The molecule has 2 amide bonds. The lowest BCUT2D eigenvalue weighted by atomic mass is 9.78. The Bertz CT molecular complexity index is 845. The van der Waals surface area contributed by atoms with Crippen LogP contribution in [-0.2, 0) is 4.79 Å². The van der Waals surface area contributed by atoms with Gasteiger partial charge < -0.3 is 25.0 Å². The van der Waals surface area contributed by atoms with Gasteiger partial charge in [-0.05, 0) is 82.6 Å². The molecular weight excluding hydrogens is 394 g/mol. The van der Waals surface area contributed by atoms with Gasteiger partial charge in [0.25, 0.3) is 0 Å². The predicted molar refractivity (Wildman–Crippen MR) is 119 cm³/mol. The highest BCUT2D eigenvalue weighted by atomic mass is 16.5. The Morgan fingerprint density at radius 1 is 1.19 bits per heavy atom. The van der Waals surface area contributed by atoms with Crippen LogP contribution in [0.15, 0.2) is 18.2 Å². The molecule has 2 saturated heterocycles. The zero-order valence-corrected chi connectivity index (χ0v) is 18.9. The van der Waals surface area contributed by atoms with Gasteiger partial charge >= 0.3 is 6.09 Å². The molecule has 1 unspecified atom stereocenters. The standard InChI is InChI=1S/C24H35N3O4/c1-17-15-19(31-22(29)25-3)5-6-20(17)26-13-4-9-24(16-26)12-14-27(21(24)28)18-7-10-23(2,30)11-8-18/h5-6,15,18,30H,4,7-14,16H2,1-3H3,(H,25,29). The second-order valence-electron chi connectivity index (χ2n) is 9.87. The Morgan fingerprint density at radius 3 is 2.61 bits per heavy atom. The Hall–Kier alpha value is -2.28. The molecule has 1 spiro atoms. The number of hydrogen-bond acceptors (Lipinski definition) is 5. The lowest BCUT2D eigenvalue weighted by Gasteiger charge is -2.42. The molecule has 4 rings (SSSR count). The van der Waals surface area contributed by atoms with Crippen molar-refractivity contribution in [3.05, 3.63) is 23.8 Å². The van der Waals surface area contributed by atoms with E-state index in [9.17, 15) is 14.7 Å². The number of benzene rings is 1. The molecule has 0 radical (unpaired) electrons. The number of piperidine rings is 1. The number of hydrogen-bond donors (Lipinski definition) is 2. The molecule has 31 heavy (non-hydrogen) atoms. The first kappa shape index (κ1) is 21.9. The average molecular weight is 430 g/mol. The summed E-state index contributed by atoms with van der Waals surface area (Å²) >= 11 is 0. The van der Waals surface area contributed by atoms with Gasteiger partial charge in [0.1, 0.15) is 5.75 Å². The number of amides is 2. The molecule has 0 bridgehead atoms. The van der Waals surface area contributed by atoms with Gasteiger partial charge in [0.2, 0.25) is 5.91 Å². The third-order valence-electron chi connectivity index (χ3n) is 7.52. The van der Waals surface area contributed by atoms with Crippen molar-refractivity contribution in [1.29, 1.82) is 0 Å². The van der Waals surface area contributed by atoms with Crippen LogP contribution >= 0.6 is 0 Å². The molecule has 2 N–H and O–H groups in total. The highest BCUT2D eigenvalue weighted by Crippen LogP contribution is 2.44. The molecule has 0 aromatic heterocycles. The van der Waals surface area contributed by atoms with Gasteiger partial charge in [0.05, 0.1) is 11.0 Å². The van der Waals surface area contributed by atoms with E-state index in [1.54, 1.807) is 0 Å². The summed E-state index contributed by atoms with van der Waals surface area (Å²) in [6.45, 7) is 6.42. The van der Waals surface area contributed by atoms with Crippen LogP contribution in [0.3, 0.4) is 0 Å². The van der Waals surface area contributed by atoms with E-state index in [-0.39, 0.29) is 11.5 Å². The van der Waals surface area contributed by atoms with Crippen molar-refractivity contribution in [3.8, 4) is 5.75 Å². The van der Waals surface area contributed by atoms with E-state index in [1.807, 2.05) is 32.0 Å². The molecule has 170 valence electrons. The molecule has 1 saturated carbocycles. The summed E-state index contributed by atoms with van der Waals surface area (Å²) in [5.74, 6) is 0.824. The van der Waals surface area contributed by atoms with Crippen LogP contribution in [0.4, 0.5) is 10.5 Å². The first-order chi connectivity index (χ1) is 14.7. The monoisotopic (exact) mass is 429 g/mol. The highest BCUT2D eigenvalue weighted by molar-refractivity contribution is 5.86. The minimum absolute atomic E-state index is 0.269. The number of rotatable bonds is 3. The van der Waals surface area contributed by atoms with Crippen molar-refractivity contribution >= 4 is 17.7 Å². The number of aryl methyl sites for hydroxylation is 1. The van der Waals surface area contributed by atoms with E-state index in [1.165, 1.54) is 7.05 Å². The number of aliphatic hydroxyl groups is 1. The molecule has 1 aliphatic carbocycles. The summed E-state index contributed by atoms with van der Waals surface area (Å²) in [4.78, 5) is 29.5. The van der Waals surface area contributed by atoms with Crippen molar-refractivity contribution in [3.63, 3.8) is 0 Å². The number of likely N-dealkylation sites (tertiary alicyclic amines) is 1. The van der Waals surface area contributed by atoms with E-state index in [0.29, 0.717) is 11.7 Å². The maximum atomic E-state index is 13.6. The van der Waals surface area contributed by atoms with Gasteiger partial charge in [0.15, 0.2) is 0 Å². The molecule has 2 aliphatic heterocycles. The van der Waals surface area contributed by atoms with Crippen LogP contribution < -0.4 is 15.0 Å². The number of carbonyl (C=O) groups excluding carboxylic acids is 2. The lowest BCUT2D eigenvalue weighted by molar-refractivity contribution is -0.140. The summed E-state index contributed by atoms with van der Waals surface area (Å²) < 4.78 is 5.25. The fraction of sp³-hybridized carbons (Fsp3) is 0.667. The van der Waals surface area contributed by atoms with Crippen LogP contribution in [0.1, 0.15) is 57.4 Å². The summed E-state index contributed by atoms with van der Waals surface area (Å²) in [6, 6.07) is 5.95. The number of anilines is 1. The van der Waals surface area contributed by atoms with E-state index >= 15 is 0 Å². The van der Waals surface area contributed by atoms with Crippen molar-refractivity contribution in [1.82, 2.24) is 10.2 Å². The molecule has 1 aromatic carbocycles. The van der Waals surface area contributed by atoms with Crippen LogP contribution in [0.2, 0.25) is 0 Å². The van der Waals surface area contributed by atoms with Crippen LogP contribution in [0, 0.1) is 12.3 Å². The number of nitrogens with one attached hydrogen (secondary N) is 1. The molecule has 3 fully saturated rings. The predicted octanol–water partition coefficient (Wildman–Crippen LogP) is 3.23. The maximum absolute atomic E-state index is 13.6. The Morgan fingerprint density at radius 2 is 1.94 bits per heavy atom. The zero-order valence-electron chi connectivity index (χ0n) is 18.9. The van der Waals surface area contributed by atoms with E-state index in [4.69, 9.17) is 4.74 Å². The third-order valence-corrected chi connectivity index (χ3v) is 7.52. The average Bonchev–Trinajstić information content (AvgIpc) is 3.03. The van der Waals surface area contributed by atoms with Gasteiger partial charge in [-0.1, -0.05) is 0 Å². The summed E-state index contributed by atoms with van der Waals surface area (Å²) in [5.41, 5.74) is 1.25. The second kappa shape index (κ2) is 8.34. The second-order valence-corrected chi connectivity index (χ2v) is 9.87. The lowest BCUT2D eigenvalue weighted by Crippen LogP contribution is -2.50. The maximum Gasteiger partial charge on any atom is 0.412 e. The SMILES string of the molecule is CNC(=O)Oc1ccc(N2CCCC3(CCN(C4CCC(C)(O)CC4)C3=O)C2)c(C)c1.